The van der Waals surface area contributed by atoms with Crippen LogP contribution < -0.4 is 5.73 Å². The standard InChI is InChI=1S/C14H14N2O/c15-12-7-11(12)9-5-6-13(16-8-9)10-3-1-2-4-14(10)17/h1-6,8,11-12,17H,7,15H2/t11-,12+/m1/s1. The summed E-state index contributed by atoms with van der Waals surface area (Å²) in [7, 11) is 0. The molecule has 3 N–H and O–H groups in total. The van der Waals surface area contributed by atoms with Gasteiger partial charge in [0.15, 0.2) is 0 Å². The first-order chi connectivity index (χ1) is 8.25. The minimum absolute atomic E-state index is 0.260. The number of rotatable bonds is 2. The molecule has 2 aromatic rings. The van der Waals surface area contributed by atoms with Crippen LogP contribution >= 0.6 is 0 Å². The Kier molecular flexibility index (Phi) is 2.34. The quantitative estimate of drug-likeness (QED) is 0.825. The van der Waals surface area contributed by atoms with E-state index in [1.54, 1.807) is 12.1 Å². The van der Waals surface area contributed by atoms with Crippen molar-refractivity contribution in [1.82, 2.24) is 4.98 Å². The molecule has 1 aromatic heterocycles. The Balaban J connectivity index is 1.92. The predicted molar refractivity (Wildman–Crippen MR) is 66.7 cm³/mol. The summed E-state index contributed by atoms with van der Waals surface area (Å²) in [5.41, 5.74) is 8.55. The van der Waals surface area contributed by atoms with Gasteiger partial charge in [0.2, 0.25) is 0 Å². The molecular weight excluding hydrogens is 212 g/mol. The summed E-state index contributed by atoms with van der Waals surface area (Å²) in [5, 5.41) is 9.74. The molecule has 17 heavy (non-hydrogen) atoms. The van der Waals surface area contributed by atoms with E-state index >= 15 is 0 Å². The minimum Gasteiger partial charge on any atom is -0.507 e. The second-order valence-electron chi connectivity index (χ2n) is 4.50. The van der Waals surface area contributed by atoms with Crippen LogP contribution in [0.5, 0.6) is 5.75 Å². The van der Waals surface area contributed by atoms with Crippen LogP contribution in [0.25, 0.3) is 11.3 Å². The Labute approximate surface area is 99.9 Å². The van der Waals surface area contributed by atoms with E-state index < -0.39 is 0 Å². The maximum absolute atomic E-state index is 9.74. The topological polar surface area (TPSA) is 59.1 Å². The Morgan fingerprint density at radius 3 is 2.53 bits per heavy atom. The number of phenolic OH excluding ortho intramolecular Hbond substituents is 1. The molecule has 0 spiro atoms. The molecule has 0 bridgehead atoms. The number of hydrogen-bond donors (Lipinski definition) is 2. The molecule has 3 nitrogen and oxygen atoms in total. The lowest BCUT2D eigenvalue weighted by molar-refractivity contribution is 0.477. The summed E-state index contributed by atoms with van der Waals surface area (Å²) in [6.07, 6.45) is 2.91. The number of pyridine rings is 1. The van der Waals surface area contributed by atoms with Gasteiger partial charge in [0.25, 0.3) is 0 Å². The first-order valence-corrected chi connectivity index (χ1v) is 5.75. The van der Waals surface area contributed by atoms with E-state index in [2.05, 4.69) is 4.98 Å². The molecule has 3 heteroatoms. The van der Waals surface area contributed by atoms with Crippen molar-refractivity contribution in [3.63, 3.8) is 0 Å². The molecule has 1 aliphatic rings. The number of para-hydroxylation sites is 1. The van der Waals surface area contributed by atoms with Gasteiger partial charge in [-0.05, 0) is 30.2 Å². The second kappa shape index (κ2) is 3.86. The number of nitrogens with two attached hydrogens (primary N) is 1. The van der Waals surface area contributed by atoms with Gasteiger partial charge < -0.3 is 10.8 Å². The zero-order chi connectivity index (χ0) is 11.8. The first-order valence-electron chi connectivity index (χ1n) is 5.75. The van der Waals surface area contributed by atoms with Crippen LogP contribution in [0.4, 0.5) is 0 Å². The molecule has 1 saturated carbocycles. The maximum atomic E-state index is 9.74. The predicted octanol–water partition coefficient (Wildman–Crippen LogP) is 2.27. The third-order valence-corrected chi connectivity index (χ3v) is 3.23. The van der Waals surface area contributed by atoms with Crippen LogP contribution in [0.15, 0.2) is 42.6 Å². The Morgan fingerprint density at radius 1 is 1.18 bits per heavy atom. The summed E-state index contributed by atoms with van der Waals surface area (Å²) in [6, 6.07) is 11.5. The fraction of sp³-hybridized carbons (Fsp3) is 0.214. The lowest BCUT2D eigenvalue weighted by Gasteiger charge is -2.04. The third kappa shape index (κ3) is 1.89. The van der Waals surface area contributed by atoms with Crippen LogP contribution in [-0.4, -0.2) is 16.1 Å². The van der Waals surface area contributed by atoms with E-state index in [9.17, 15) is 5.11 Å². The highest BCUT2D eigenvalue weighted by Gasteiger charge is 2.34. The molecule has 0 unspecified atom stereocenters. The van der Waals surface area contributed by atoms with E-state index in [0.717, 1.165) is 17.7 Å². The molecule has 0 radical (unpaired) electrons. The summed E-state index contributed by atoms with van der Waals surface area (Å²) in [6.45, 7) is 0. The van der Waals surface area contributed by atoms with E-state index in [0.29, 0.717) is 12.0 Å². The highest BCUT2D eigenvalue weighted by atomic mass is 16.3. The normalized spacial score (nSPS) is 22.4. The van der Waals surface area contributed by atoms with E-state index in [1.165, 1.54) is 5.56 Å². The number of nitrogens with zero attached hydrogens (tertiary/aromatic N) is 1. The Bertz CT molecular complexity index is 536. The van der Waals surface area contributed by atoms with Crippen molar-refractivity contribution >= 4 is 0 Å². The Hall–Kier alpha value is -1.87. The number of aromatic hydroxyl groups is 1. The molecule has 2 atom stereocenters. The molecule has 1 aromatic carbocycles. The van der Waals surface area contributed by atoms with Crippen molar-refractivity contribution < 1.29 is 5.11 Å². The summed E-state index contributed by atoms with van der Waals surface area (Å²) >= 11 is 0. The van der Waals surface area contributed by atoms with Crippen LogP contribution in [0, 0.1) is 0 Å². The van der Waals surface area contributed by atoms with Crippen LogP contribution in [0.1, 0.15) is 17.9 Å². The summed E-state index contributed by atoms with van der Waals surface area (Å²) in [4.78, 5) is 4.39. The average Bonchev–Trinajstić information content (AvgIpc) is 3.07. The number of aromatic nitrogens is 1. The molecule has 1 aliphatic carbocycles. The third-order valence-electron chi connectivity index (χ3n) is 3.23. The van der Waals surface area contributed by atoms with Gasteiger partial charge in [0.05, 0.1) is 5.69 Å². The van der Waals surface area contributed by atoms with Crippen molar-refractivity contribution in [1.29, 1.82) is 0 Å². The average molecular weight is 226 g/mol. The first kappa shape index (κ1) is 10.3. The lowest BCUT2D eigenvalue weighted by atomic mass is 10.1. The van der Waals surface area contributed by atoms with Gasteiger partial charge in [-0.1, -0.05) is 18.2 Å². The van der Waals surface area contributed by atoms with E-state index in [1.807, 2.05) is 30.5 Å². The zero-order valence-corrected chi connectivity index (χ0v) is 9.38. The van der Waals surface area contributed by atoms with Crippen LogP contribution in [0.2, 0.25) is 0 Å². The smallest absolute Gasteiger partial charge is 0.124 e. The fourth-order valence-electron chi connectivity index (χ4n) is 2.07. The van der Waals surface area contributed by atoms with Crippen molar-refractivity contribution in [2.75, 3.05) is 0 Å². The number of hydrogen-bond acceptors (Lipinski definition) is 3. The van der Waals surface area contributed by atoms with Gasteiger partial charge >= 0.3 is 0 Å². The molecule has 0 amide bonds. The van der Waals surface area contributed by atoms with Crippen molar-refractivity contribution in [3.8, 4) is 17.0 Å². The van der Waals surface area contributed by atoms with Gasteiger partial charge in [-0.25, -0.2) is 0 Å². The van der Waals surface area contributed by atoms with Gasteiger partial charge in [0, 0.05) is 23.7 Å². The molecule has 1 heterocycles. The molecule has 3 rings (SSSR count). The van der Waals surface area contributed by atoms with Crippen molar-refractivity contribution in [2.24, 2.45) is 5.73 Å². The number of phenols is 1. The molecule has 0 aliphatic heterocycles. The molecule has 86 valence electrons. The lowest BCUT2D eigenvalue weighted by Crippen LogP contribution is -2.01. The fourth-order valence-corrected chi connectivity index (χ4v) is 2.07. The van der Waals surface area contributed by atoms with Gasteiger partial charge in [-0.3, -0.25) is 4.98 Å². The van der Waals surface area contributed by atoms with Crippen molar-refractivity contribution in [2.45, 2.75) is 18.4 Å². The highest BCUT2D eigenvalue weighted by molar-refractivity contribution is 5.66. The highest BCUT2D eigenvalue weighted by Crippen LogP contribution is 2.39. The maximum Gasteiger partial charge on any atom is 0.124 e. The second-order valence-corrected chi connectivity index (χ2v) is 4.50. The van der Waals surface area contributed by atoms with Crippen LogP contribution in [-0.2, 0) is 0 Å². The van der Waals surface area contributed by atoms with E-state index in [4.69, 9.17) is 5.73 Å². The minimum atomic E-state index is 0.260. The molecule has 0 saturated heterocycles. The summed E-state index contributed by atoms with van der Waals surface area (Å²) < 4.78 is 0. The zero-order valence-electron chi connectivity index (χ0n) is 9.38. The molecule has 1 fully saturated rings. The summed E-state index contributed by atoms with van der Waals surface area (Å²) in [5.74, 6) is 0.733. The van der Waals surface area contributed by atoms with E-state index in [-0.39, 0.29) is 5.75 Å². The monoisotopic (exact) mass is 226 g/mol. The SMILES string of the molecule is N[C@H]1C[C@@H]1c1ccc(-c2ccccc2O)nc1. The molecular formula is C14H14N2O. The Morgan fingerprint density at radius 2 is 1.94 bits per heavy atom. The number of benzene rings is 1. The largest absolute Gasteiger partial charge is 0.507 e. The van der Waals surface area contributed by atoms with Gasteiger partial charge in [-0.15, -0.1) is 0 Å². The van der Waals surface area contributed by atoms with Crippen LogP contribution in [0.3, 0.4) is 0 Å². The van der Waals surface area contributed by atoms with Gasteiger partial charge in [-0.2, -0.15) is 0 Å². The van der Waals surface area contributed by atoms with Gasteiger partial charge in [0.1, 0.15) is 5.75 Å². The van der Waals surface area contributed by atoms with Crippen molar-refractivity contribution in [3.05, 3.63) is 48.2 Å².